The molecule has 2 aromatic carbocycles. The van der Waals surface area contributed by atoms with Crippen molar-refractivity contribution in [1.82, 2.24) is 9.55 Å². The molecule has 1 aliphatic rings. The van der Waals surface area contributed by atoms with E-state index in [1.807, 2.05) is 30.3 Å². The highest BCUT2D eigenvalue weighted by Crippen LogP contribution is 2.37. The SMILES string of the molecule is CC1CCc2c(sc3nc(SCC(=O)Nc4cc(Cl)ccc4Cl)n(-c4ccccc4)c(=O)c23)C1. The van der Waals surface area contributed by atoms with Gasteiger partial charge in [-0.25, -0.2) is 4.98 Å². The maximum atomic E-state index is 13.8. The van der Waals surface area contributed by atoms with Crippen LogP contribution in [0, 0.1) is 5.92 Å². The predicted octanol–water partition coefficient (Wildman–Crippen LogP) is 6.61. The molecule has 0 saturated heterocycles. The first-order chi connectivity index (χ1) is 16.4. The zero-order chi connectivity index (χ0) is 23.8. The summed E-state index contributed by atoms with van der Waals surface area (Å²) in [7, 11) is 0. The van der Waals surface area contributed by atoms with Crippen LogP contribution < -0.4 is 10.9 Å². The van der Waals surface area contributed by atoms with E-state index < -0.39 is 0 Å². The number of hydrogen-bond donors (Lipinski definition) is 1. The molecule has 1 aliphatic carbocycles. The summed E-state index contributed by atoms with van der Waals surface area (Å²) in [5.74, 6) is 0.408. The molecule has 4 aromatic rings. The average molecular weight is 531 g/mol. The third-order valence-electron chi connectivity index (χ3n) is 5.85. The second-order valence-corrected chi connectivity index (χ2v) is 11.2. The summed E-state index contributed by atoms with van der Waals surface area (Å²) in [4.78, 5) is 33.3. The van der Waals surface area contributed by atoms with E-state index >= 15 is 0 Å². The van der Waals surface area contributed by atoms with Crippen LogP contribution in [-0.2, 0) is 17.6 Å². The van der Waals surface area contributed by atoms with Crippen molar-refractivity contribution < 1.29 is 4.79 Å². The maximum absolute atomic E-state index is 13.8. The largest absolute Gasteiger partial charge is 0.324 e. The molecule has 5 nitrogen and oxygen atoms in total. The number of halogens is 2. The standard InChI is InChI=1S/C25H21Cl2N3O2S2/c1-14-7-9-17-20(11-14)34-23-22(17)24(32)30(16-5-3-2-4-6-16)25(29-23)33-13-21(31)28-19-12-15(26)8-10-18(19)27/h2-6,8,10,12,14H,7,9,11,13H2,1H3,(H,28,31). The molecule has 1 amide bonds. The van der Waals surface area contributed by atoms with E-state index in [1.54, 1.807) is 34.1 Å². The van der Waals surface area contributed by atoms with Crippen molar-refractivity contribution in [1.29, 1.82) is 0 Å². The number of aromatic nitrogens is 2. The number of aryl methyl sites for hydroxylation is 1. The summed E-state index contributed by atoms with van der Waals surface area (Å²) < 4.78 is 1.62. The Balaban J connectivity index is 1.51. The van der Waals surface area contributed by atoms with Gasteiger partial charge >= 0.3 is 0 Å². The minimum absolute atomic E-state index is 0.0652. The molecule has 1 unspecified atom stereocenters. The van der Waals surface area contributed by atoms with Gasteiger partial charge in [-0.15, -0.1) is 11.3 Å². The first-order valence-electron chi connectivity index (χ1n) is 10.9. The van der Waals surface area contributed by atoms with Crippen molar-refractivity contribution in [2.45, 2.75) is 31.3 Å². The smallest absolute Gasteiger partial charge is 0.267 e. The fraction of sp³-hybridized carbons (Fsp3) is 0.240. The zero-order valence-electron chi connectivity index (χ0n) is 18.3. The molecule has 0 spiro atoms. The number of hydrogen-bond acceptors (Lipinski definition) is 5. The maximum Gasteiger partial charge on any atom is 0.267 e. The Morgan fingerprint density at radius 1 is 1.24 bits per heavy atom. The van der Waals surface area contributed by atoms with Gasteiger partial charge in [0.25, 0.3) is 5.56 Å². The third kappa shape index (κ3) is 4.62. The van der Waals surface area contributed by atoms with Crippen LogP contribution >= 0.6 is 46.3 Å². The number of fused-ring (bicyclic) bond motifs is 3. The van der Waals surface area contributed by atoms with Gasteiger partial charge in [-0.1, -0.05) is 60.1 Å². The molecule has 0 bridgehead atoms. The lowest BCUT2D eigenvalue weighted by molar-refractivity contribution is -0.113. The van der Waals surface area contributed by atoms with Crippen LogP contribution in [0.2, 0.25) is 10.0 Å². The number of anilines is 1. The Morgan fingerprint density at radius 2 is 2.03 bits per heavy atom. The molecule has 0 fully saturated rings. The molecule has 1 N–H and O–H groups in total. The summed E-state index contributed by atoms with van der Waals surface area (Å²) in [6, 6.07) is 14.3. The number of rotatable bonds is 5. The van der Waals surface area contributed by atoms with Crippen LogP contribution in [0.1, 0.15) is 23.8 Å². The highest BCUT2D eigenvalue weighted by atomic mass is 35.5. The molecular weight excluding hydrogens is 509 g/mol. The van der Waals surface area contributed by atoms with E-state index in [0.717, 1.165) is 40.7 Å². The summed E-state index contributed by atoms with van der Waals surface area (Å²) in [6.07, 6.45) is 2.95. The first-order valence-corrected chi connectivity index (χ1v) is 13.5. The van der Waals surface area contributed by atoms with Crippen LogP contribution in [0.4, 0.5) is 5.69 Å². The fourth-order valence-electron chi connectivity index (χ4n) is 4.18. The molecule has 5 rings (SSSR count). The molecule has 2 aromatic heterocycles. The van der Waals surface area contributed by atoms with Crippen LogP contribution in [-0.4, -0.2) is 21.2 Å². The number of para-hydroxylation sites is 1. The van der Waals surface area contributed by atoms with Gasteiger partial charge in [-0.3, -0.25) is 14.2 Å². The van der Waals surface area contributed by atoms with Crippen LogP contribution in [0.25, 0.3) is 15.9 Å². The molecule has 9 heteroatoms. The molecule has 34 heavy (non-hydrogen) atoms. The Kier molecular flexibility index (Phi) is 6.71. The van der Waals surface area contributed by atoms with Crippen LogP contribution in [0.3, 0.4) is 0 Å². The Morgan fingerprint density at radius 3 is 2.82 bits per heavy atom. The summed E-state index contributed by atoms with van der Waals surface area (Å²) in [5, 5.41) is 4.88. The normalized spacial score (nSPS) is 15.3. The van der Waals surface area contributed by atoms with Crippen LogP contribution in [0.15, 0.2) is 58.5 Å². The van der Waals surface area contributed by atoms with Crippen LogP contribution in [0.5, 0.6) is 0 Å². The van der Waals surface area contributed by atoms with Crippen molar-refractivity contribution in [2.75, 3.05) is 11.1 Å². The Hall–Kier alpha value is -2.32. The highest BCUT2D eigenvalue weighted by Gasteiger charge is 2.25. The van der Waals surface area contributed by atoms with E-state index in [4.69, 9.17) is 28.2 Å². The second-order valence-electron chi connectivity index (χ2n) is 8.36. The van der Waals surface area contributed by atoms with Crippen molar-refractivity contribution >= 4 is 68.1 Å². The van der Waals surface area contributed by atoms with E-state index in [2.05, 4.69) is 12.2 Å². The number of amides is 1. The molecule has 2 heterocycles. The van der Waals surface area contributed by atoms with Gasteiger partial charge in [0, 0.05) is 9.90 Å². The van der Waals surface area contributed by atoms with Crippen molar-refractivity contribution in [2.24, 2.45) is 5.92 Å². The van der Waals surface area contributed by atoms with Gasteiger partial charge in [0.15, 0.2) is 5.16 Å². The highest BCUT2D eigenvalue weighted by molar-refractivity contribution is 7.99. The van der Waals surface area contributed by atoms with Crippen molar-refractivity contribution in [3.05, 3.63) is 79.4 Å². The number of thiophene rings is 1. The first kappa shape index (κ1) is 23.4. The predicted molar refractivity (Wildman–Crippen MR) is 142 cm³/mol. The molecule has 0 saturated carbocycles. The van der Waals surface area contributed by atoms with Gasteiger partial charge in [0.05, 0.1) is 27.5 Å². The molecule has 1 atom stereocenters. The van der Waals surface area contributed by atoms with Gasteiger partial charge in [-0.05, 0) is 61.1 Å². The number of carbonyl (C=O) groups excluding carboxylic acids is 1. The minimum atomic E-state index is -0.262. The lowest BCUT2D eigenvalue weighted by Gasteiger charge is -2.17. The number of benzene rings is 2. The summed E-state index contributed by atoms with van der Waals surface area (Å²) >= 11 is 15.0. The summed E-state index contributed by atoms with van der Waals surface area (Å²) in [6.45, 7) is 2.25. The molecule has 0 aliphatic heterocycles. The number of nitrogens with one attached hydrogen (secondary N) is 1. The van der Waals surface area contributed by atoms with E-state index in [0.29, 0.717) is 26.8 Å². The van der Waals surface area contributed by atoms with E-state index in [9.17, 15) is 9.59 Å². The fourth-order valence-corrected chi connectivity index (χ4v) is 6.76. The summed E-state index contributed by atoms with van der Waals surface area (Å²) in [5.41, 5.74) is 2.24. The number of nitrogens with zero attached hydrogens (tertiary/aromatic N) is 2. The minimum Gasteiger partial charge on any atom is -0.324 e. The third-order valence-corrected chi connectivity index (χ3v) is 8.50. The second kappa shape index (κ2) is 9.74. The lowest BCUT2D eigenvalue weighted by atomic mass is 9.89. The average Bonchev–Trinajstić information content (AvgIpc) is 3.18. The molecule has 0 radical (unpaired) electrons. The van der Waals surface area contributed by atoms with E-state index in [-0.39, 0.29) is 17.2 Å². The zero-order valence-corrected chi connectivity index (χ0v) is 21.5. The van der Waals surface area contributed by atoms with Crippen molar-refractivity contribution in [3.63, 3.8) is 0 Å². The van der Waals surface area contributed by atoms with Gasteiger partial charge < -0.3 is 5.32 Å². The molecule has 174 valence electrons. The Bertz CT molecular complexity index is 1450. The number of carbonyl (C=O) groups is 1. The quantitative estimate of drug-likeness (QED) is 0.233. The van der Waals surface area contributed by atoms with E-state index in [1.165, 1.54) is 16.6 Å². The van der Waals surface area contributed by atoms with Gasteiger partial charge in [0.2, 0.25) is 5.91 Å². The monoisotopic (exact) mass is 529 g/mol. The topological polar surface area (TPSA) is 64.0 Å². The van der Waals surface area contributed by atoms with Gasteiger partial charge in [-0.2, -0.15) is 0 Å². The Labute approximate surface area is 215 Å². The van der Waals surface area contributed by atoms with Gasteiger partial charge in [0.1, 0.15) is 4.83 Å². The lowest BCUT2D eigenvalue weighted by Crippen LogP contribution is -2.23. The molecular formula is C25H21Cl2N3O2S2. The number of thioether (sulfide) groups is 1. The van der Waals surface area contributed by atoms with Crippen molar-refractivity contribution in [3.8, 4) is 5.69 Å².